The molecule has 0 saturated carbocycles. The summed E-state index contributed by atoms with van der Waals surface area (Å²) < 4.78 is 16.9. The zero-order valence-electron chi connectivity index (χ0n) is 48.5. The third-order valence-corrected chi connectivity index (χ3v) is 15.1. The van der Waals surface area contributed by atoms with E-state index in [-0.39, 0.29) is 31.1 Å². The van der Waals surface area contributed by atoms with Gasteiger partial charge in [-0.1, -0.05) is 342 Å². The van der Waals surface area contributed by atoms with Gasteiger partial charge in [-0.05, 0) is 19.3 Å². The maximum atomic E-state index is 12.9. The van der Waals surface area contributed by atoms with Gasteiger partial charge in [0, 0.05) is 19.3 Å². The second-order valence-corrected chi connectivity index (χ2v) is 22.4. The molecule has 0 fully saturated rings. The van der Waals surface area contributed by atoms with E-state index in [1.54, 1.807) is 0 Å². The quantitative estimate of drug-likeness (QED) is 0.0343. The summed E-state index contributed by atoms with van der Waals surface area (Å²) in [6.45, 7) is 6.73. The van der Waals surface area contributed by atoms with Crippen LogP contribution >= 0.6 is 0 Å². The van der Waals surface area contributed by atoms with Crippen molar-refractivity contribution in [2.45, 2.75) is 386 Å². The van der Waals surface area contributed by atoms with Crippen molar-refractivity contribution >= 4 is 17.9 Å². The van der Waals surface area contributed by atoms with Crippen LogP contribution in [0.4, 0.5) is 0 Å². The molecule has 0 N–H and O–H groups in total. The van der Waals surface area contributed by atoms with E-state index in [2.05, 4.69) is 20.8 Å². The van der Waals surface area contributed by atoms with E-state index in [9.17, 15) is 14.4 Å². The van der Waals surface area contributed by atoms with Gasteiger partial charge in [-0.2, -0.15) is 0 Å². The number of hydrogen-bond acceptors (Lipinski definition) is 6. The zero-order chi connectivity index (χ0) is 51.4. The monoisotopic (exact) mass is 1000 g/mol. The van der Waals surface area contributed by atoms with Crippen LogP contribution in [0.5, 0.6) is 0 Å². The molecule has 71 heavy (non-hydrogen) atoms. The van der Waals surface area contributed by atoms with E-state index in [1.807, 2.05) is 0 Å². The van der Waals surface area contributed by atoms with Gasteiger partial charge in [0.1, 0.15) is 13.2 Å². The Morgan fingerprint density at radius 2 is 0.380 bits per heavy atom. The molecule has 0 aromatic heterocycles. The lowest BCUT2D eigenvalue weighted by Crippen LogP contribution is -2.30. The summed E-state index contributed by atoms with van der Waals surface area (Å²) in [5.74, 6) is -0.826. The minimum absolute atomic E-state index is 0.0606. The Morgan fingerprint density at radius 1 is 0.225 bits per heavy atom. The second kappa shape index (κ2) is 61.0. The van der Waals surface area contributed by atoms with E-state index < -0.39 is 6.10 Å². The van der Waals surface area contributed by atoms with Crippen molar-refractivity contribution in [2.24, 2.45) is 0 Å². The van der Waals surface area contributed by atoms with Crippen LogP contribution in [-0.4, -0.2) is 37.2 Å². The van der Waals surface area contributed by atoms with Crippen LogP contribution in [0.25, 0.3) is 0 Å². The average Bonchev–Trinajstić information content (AvgIpc) is 3.37. The molecule has 0 aliphatic carbocycles. The summed E-state index contributed by atoms with van der Waals surface area (Å²) in [7, 11) is 0. The molecule has 0 amide bonds. The number of ether oxygens (including phenoxy) is 3. The second-order valence-electron chi connectivity index (χ2n) is 22.4. The van der Waals surface area contributed by atoms with E-state index in [0.717, 1.165) is 57.8 Å². The number of carbonyl (C=O) groups excluding carboxylic acids is 3. The fourth-order valence-corrected chi connectivity index (χ4v) is 10.2. The van der Waals surface area contributed by atoms with Crippen molar-refractivity contribution in [3.8, 4) is 0 Å². The molecule has 0 spiro atoms. The first-order valence-electron chi connectivity index (χ1n) is 32.5. The van der Waals surface area contributed by atoms with Crippen molar-refractivity contribution in [3.63, 3.8) is 0 Å². The van der Waals surface area contributed by atoms with Crippen LogP contribution in [0.1, 0.15) is 380 Å². The first kappa shape index (κ1) is 69.4. The van der Waals surface area contributed by atoms with Gasteiger partial charge in [0.2, 0.25) is 0 Å². The average molecular weight is 1000 g/mol. The largest absolute Gasteiger partial charge is 0.462 e. The summed E-state index contributed by atoms with van der Waals surface area (Å²) in [6, 6.07) is 0. The topological polar surface area (TPSA) is 78.9 Å². The van der Waals surface area contributed by atoms with Crippen molar-refractivity contribution in [2.75, 3.05) is 13.2 Å². The Labute approximate surface area is 444 Å². The molecule has 0 radical (unpaired) electrons. The molecule has 1 unspecified atom stereocenters. The molecule has 0 aliphatic rings. The number of hydrogen-bond donors (Lipinski definition) is 0. The fourth-order valence-electron chi connectivity index (χ4n) is 10.2. The standard InChI is InChI=1S/C65H126O6/c1-4-7-10-13-16-19-22-25-27-29-30-31-32-33-34-35-36-38-40-43-46-49-52-55-58-64(67)70-61-62(60-69-63(66)57-54-51-48-45-42-39-24-21-18-15-12-9-6-3)71-65(68)59-56-53-50-47-44-41-37-28-26-23-20-17-14-11-8-5-2/h62H,4-61H2,1-3H3. The third-order valence-electron chi connectivity index (χ3n) is 15.1. The molecule has 0 saturated heterocycles. The van der Waals surface area contributed by atoms with Crippen molar-refractivity contribution in [1.82, 2.24) is 0 Å². The molecule has 0 aromatic carbocycles. The van der Waals surface area contributed by atoms with Crippen LogP contribution in [0, 0.1) is 0 Å². The molecular formula is C65H126O6. The lowest BCUT2D eigenvalue weighted by atomic mass is 10.0. The van der Waals surface area contributed by atoms with Crippen LogP contribution in [0.2, 0.25) is 0 Å². The van der Waals surface area contributed by atoms with Crippen molar-refractivity contribution in [3.05, 3.63) is 0 Å². The maximum absolute atomic E-state index is 12.9. The van der Waals surface area contributed by atoms with Crippen LogP contribution in [0.15, 0.2) is 0 Å². The Hall–Kier alpha value is -1.59. The normalized spacial score (nSPS) is 11.9. The van der Waals surface area contributed by atoms with E-state index in [0.29, 0.717) is 19.3 Å². The van der Waals surface area contributed by atoms with E-state index in [1.165, 1.54) is 283 Å². The first-order chi connectivity index (χ1) is 35.0. The van der Waals surface area contributed by atoms with Gasteiger partial charge in [-0.3, -0.25) is 14.4 Å². The Kier molecular flexibility index (Phi) is 59.6. The highest BCUT2D eigenvalue weighted by Gasteiger charge is 2.19. The molecule has 0 rings (SSSR count). The lowest BCUT2D eigenvalue weighted by Gasteiger charge is -2.18. The minimum Gasteiger partial charge on any atom is -0.462 e. The fraction of sp³-hybridized carbons (Fsp3) is 0.954. The van der Waals surface area contributed by atoms with Gasteiger partial charge in [0.15, 0.2) is 6.10 Å². The lowest BCUT2D eigenvalue weighted by molar-refractivity contribution is -0.167. The molecule has 0 aromatic rings. The van der Waals surface area contributed by atoms with Gasteiger partial charge in [-0.25, -0.2) is 0 Å². The molecule has 6 heteroatoms. The maximum Gasteiger partial charge on any atom is 0.306 e. The summed E-state index contributed by atoms with van der Waals surface area (Å²) >= 11 is 0. The number of carbonyl (C=O) groups is 3. The molecule has 6 nitrogen and oxygen atoms in total. The van der Waals surface area contributed by atoms with Gasteiger partial charge < -0.3 is 14.2 Å². The van der Waals surface area contributed by atoms with E-state index >= 15 is 0 Å². The molecular weight excluding hydrogens is 877 g/mol. The summed E-state index contributed by atoms with van der Waals surface area (Å²) in [4.78, 5) is 38.3. The SMILES string of the molecule is CCCCCCCCCCCCCCCCCCCCCCCCCCC(=O)OCC(COC(=O)CCCCCCCCCCCCCCC)OC(=O)CCCCCCCCCCCCCCCCCC. The Balaban J connectivity index is 4.19. The van der Waals surface area contributed by atoms with Gasteiger partial charge in [-0.15, -0.1) is 0 Å². The first-order valence-corrected chi connectivity index (χ1v) is 32.5. The minimum atomic E-state index is -0.762. The molecule has 0 aliphatic heterocycles. The summed E-state index contributed by atoms with van der Waals surface area (Å²) in [6.07, 6.45) is 69.7. The number of esters is 3. The van der Waals surface area contributed by atoms with Gasteiger partial charge >= 0.3 is 17.9 Å². The summed E-state index contributed by atoms with van der Waals surface area (Å²) in [5, 5.41) is 0. The molecule has 422 valence electrons. The predicted octanol–water partition coefficient (Wildman–Crippen LogP) is 21.9. The number of unbranched alkanes of at least 4 members (excludes halogenated alkanes) is 50. The highest BCUT2D eigenvalue weighted by Crippen LogP contribution is 2.19. The van der Waals surface area contributed by atoms with Crippen LogP contribution in [-0.2, 0) is 28.6 Å². The predicted molar refractivity (Wildman–Crippen MR) is 307 cm³/mol. The number of rotatable bonds is 61. The summed E-state index contributed by atoms with van der Waals surface area (Å²) in [5.41, 5.74) is 0. The molecule has 0 bridgehead atoms. The van der Waals surface area contributed by atoms with Crippen molar-refractivity contribution in [1.29, 1.82) is 0 Å². The van der Waals surface area contributed by atoms with Gasteiger partial charge in [0.25, 0.3) is 0 Å². The van der Waals surface area contributed by atoms with E-state index in [4.69, 9.17) is 14.2 Å². The molecule has 1 atom stereocenters. The van der Waals surface area contributed by atoms with Crippen LogP contribution in [0.3, 0.4) is 0 Å². The smallest absolute Gasteiger partial charge is 0.306 e. The van der Waals surface area contributed by atoms with Crippen molar-refractivity contribution < 1.29 is 28.6 Å². The Morgan fingerprint density at radius 3 is 0.563 bits per heavy atom. The zero-order valence-corrected chi connectivity index (χ0v) is 48.5. The van der Waals surface area contributed by atoms with Crippen LogP contribution < -0.4 is 0 Å². The molecule has 0 heterocycles. The van der Waals surface area contributed by atoms with Gasteiger partial charge in [0.05, 0.1) is 0 Å². The highest BCUT2D eigenvalue weighted by atomic mass is 16.6. The third kappa shape index (κ3) is 59.2. The Bertz CT molecular complexity index is 1060. The highest BCUT2D eigenvalue weighted by molar-refractivity contribution is 5.71.